The third kappa shape index (κ3) is 5.75. The number of fused-ring (bicyclic) bond motifs is 3. The number of ketones is 2. The molecular formula is C47H47N3O10. The Morgan fingerprint density at radius 1 is 1.08 bits per heavy atom. The van der Waals surface area contributed by atoms with E-state index in [9.17, 15) is 24.9 Å². The fourth-order valence-electron chi connectivity index (χ4n) is 10.6. The van der Waals surface area contributed by atoms with E-state index in [1.807, 2.05) is 45.9 Å². The van der Waals surface area contributed by atoms with Gasteiger partial charge in [-0.05, 0) is 92.8 Å². The maximum absolute atomic E-state index is 15.7. The molecule has 60 heavy (non-hydrogen) atoms. The van der Waals surface area contributed by atoms with E-state index in [-0.39, 0.29) is 17.9 Å². The monoisotopic (exact) mass is 813 g/mol. The van der Waals surface area contributed by atoms with Gasteiger partial charge in [-0.25, -0.2) is 4.79 Å². The maximum atomic E-state index is 15.7. The Bertz CT molecular complexity index is 2640. The number of hydrogen-bond acceptors (Lipinski definition) is 11. The Kier molecular flexibility index (Phi) is 10.3. The number of phenolic OH excluding ortho intramolecular Hbond substituents is 1. The van der Waals surface area contributed by atoms with Gasteiger partial charge in [0.25, 0.3) is 0 Å². The SMILES string of the molecule is CC/C=C1\C2[C@@H](OC3OC(C)C(C(=O)c4nccc5c4[nH]c4ccc(O)cc45)(c4c(C)cc(C)cc4C)C(O)C3OC)C#C/C=C\C#CC23C(NC(=O)OC)C(=O)C[C@]13O. The number of hydrogen-bond donors (Lipinski definition) is 5. The van der Waals surface area contributed by atoms with E-state index in [4.69, 9.17) is 18.9 Å². The number of aromatic amines is 1. The molecule has 5 N–H and O–H groups in total. The van der Waals surface area contributed by atoms with Crippen molar-refractivity contribution in [1.82, 2.24) is 15.3 Å². The van der Waals surface area contributed by atoms with Crippen LogP contribution in [0.1, 0.15) is 59.4 Å². The van der Waals surface area contributed by atoms with Crippen molar-refractivity contribution in [1.29, 1.82) is 0 Å². The van der Waals surface area contributed by atoms with E-state index < -0.39 is 76.8 Å². The number of aromatic hydroxyl groups is 1. The van der Waals surface area contributed by atoms with Gasteiger partial charge >= 0.3 is 6.09 Å². The summed E-state index contributed by atoms with van der Waals surface area (Å²) in [6.07, 6.45) is -0.844. The molecule has 1 spiro atoms. The number of phenols is 1. The van der Waals surface area contributed by atoms with Gasteiger partial charge < -0.3 is 44.6 Å². The maximum Gasteiger partial charge on any atom is 0.407 e. The normalized spacial score (nSPS) is 32.9. The zero-order valence-corrected chi connectivity index (χ0v) is 34.4. The lowest BCUT2D eigenvalue weighted by molar-refractivity contribution is -0.303. The van der Waals surface area contributed by atoms with Crippen molar-refractivity contribution in [3.8, 4) is 29.4 Å². The van der Waals surface area contributed by atoms with Crippen LogP contribution < -0.4 is 5.32 Å². The predicted molar refractivity (Wildman–Crippen MR) is 221 cm³/mol. The summed E-state index contributed by atoms with van der Waals surface area (Å²) < 4.78 is 24.6. The molecule has 4 aromatic rings. The summed E-state index contributed by atoms with van der Waals surface area (Å²) in [6.45, 7) is 9.32. The van der Waals surface area contributed by atoms with Gasteiger partial charge in [0.05, 0.1) is 18.7 Å². The summed E-state index contributed by atoms with van der Waals surface area (Å²) in [5, 5.41) is 39.7. The summed E-state index contributed by atoms with van der Waals surface area (Å²) in [4.78, 5) is 50.0. The molecule has 2 aromatic heterocycles. The highest BCUT2D eigenvalue weighted by Crippen LogP contribution is 2.67. The lowest BCUT2D eigenvalue weighted by Crippen LogP contribution is -2.72. The molecule has 1 amide bonds. The second-order valence-electron chi connectivity index (χ2n) is 16.1. The molecule has 1 aliphatic heterocycles. The van der Waals surface area contributed by atoms with Crippen molar-refractivity contribution < 1.29 is 48.7 Å². The summed E-state index contributed by atoms with van der Waals surface area (Å²) >= 11 is 0. The molecule has 4 aliphatic rings. The second kappa shape index (κ2) is 15.0. The van der Waals surface area contributed by atoms with E-state index >= 15 is 4.79 Å². The van der Waals surface area contributed by atoms with E-state index in [0.717, 1.165) is 16.7 Å². The highest BCUT2D eigenvalue weighted by molar-refractivity contribution is 6.17. The summed E-state index contributed by atoms with van der Waals surface area (Å²) in [5.41, 5.74) is -0.550. The Labute approximate surface area is 347 Å². The zero-order valence-electron chi connectivity index (χ0n) is 34.4. The topological polar surface area (TPSA) is 190 Å². The molecule has 8 unspecified atom stereocenters. The molecule has 0 bridgehead atoms. The van der Waals surface area contributed by atoms with Gasteiger partial charge in [-0.2, -0.15) is 0 Å². The van der Waals surface area contributed by atoms with Crippen LogP contribution in [-0.4, -0.2) is 99.5 Å². The van der Waals surface area contributed by atoms with E-state index in [1.54, 1.807) is 31.2 Å². The second-order valence-corrected chi connectivity index (χ2v) is 16.1. The Morgan fingerprint density at radius 2 is 1.82 bits per heavy atom. The fourth-order valence-corrected chi connectivity index (χ4v) is 10.6. The number of allylic oxidation sites excluding steroid dienone is 3. The smallest absolute Gasteiger partial charge is 0.407 e. The Balaban J connectivity index is 1.26. The fraction of sp³-hybridized carbons (Fsp3) is 0.404. The molecular weight excluding hydrogens is 767 g/mol. The number of aromatic nitrogens is 2. The van der Waals surface area contributed by atoms with Crippen LogP contribution in [0.5, 0.6) is 5.75 Å². The number of rotatable bonds is 8. The van der Waals surface area contributed by atoms with Crippen LogP contribution in [0, 0.1) is 55.8 Å². The van der Waals surface area contributed by atoms with Gasteiger partial charge in [0.1, 0.15) is 52.2 Å². The average molecular weight is 814 g/mol. The van der Waals surface area contributed by atoms with Gasteiger partial charge in [-0.3, -0.25) is 14.6 Å². The number of amides is 1. The van der Waals surface area contributed by atoms with E-state index in [0.29, 0.717) is 39.4 Å². The number of benzene rings is 2. The van der Waals surface area contributed by atoms with Crippen LogP contribution in [0.4, 0.5) is 4.79 Å². The van der Waals surface area contributed by atoms with Crippen molar-refractivity contribution >= 4 is 39.5 Å². The zero-order chi connectivity index (χ0) is 42.9. The van der Waals surface area contributed by atoms with Crippen LogP contribution >= 0.6 is 0 Å². The minimum Gasteiger partial charge on any atom is -0.508 e. The average Bonchev–Trinajstić information content (AvgIpc) is 3.68. The Hall–Kier alpha value is -5.80. The van der Waals surface area contributed by atoms with Crippen molar-refractivity contribution in [2.24, 2.45) is 11.3 Å². The van der Waals surface area contributed by atoms with Crippen LogP contribution in [-0.2, 0) is 29.2 Å². The van der Waals surface area contributed by atoms with Gasteiger partial charge in [-0.1, -0.05) is 54.4 Å². The number of methoxy groups -OCH3 is 2. The van der Waals surface area contributed by atoms with Gasteiger partial charge in [-0.15, -0.1) is 0 Å². The number of alkyl carbamates (subject to hydrolysis) is 1. The largest absolute Gasteiger partial charge is 0.508 e. The molecule has 8 rings (SSSR count). The molecule has 13 nitrogen and oxygen atoms in total. The van der Waals surface area contributed by atoms with Gasteiger partial charge in [0.15, 0.2) is 17.9 Å². The first-order valence-corrected chi connectivity index (χ1v) is 19.9. The first-order chi connectivity index (χ1) is 28.7. The highest BCUT2D eigenvalue weighted by atomic mass is 16.7. The van der Waals surface area contributed by atoms with Gasteiger partial charge in [0, 0.05) is 41.9 Å². The third-order valence-electron chi connectivity index (χ3n) is 12.9. The number of carbonyl (C=O) groups is 3. The lowest BCUT2D eigenvalue weighted by Gasteiger charge is -2.60. The Morgan fingerprint density at radius 3 is 2.52 bits per heavy atom. The van der Waals surface area contributed by atoms with E-state index in [2.05, 4.69) is 39.0 Å². The number of pyridine rings is 1. The molecule has 2 aromatic carbocycles. The van der Waals surface area contributed by atoms with Crippen LogP contribution in [0.25, 0.3) is 21.8 Å². The standard InChI is InChI=1S/C47H47N3O10/c1-8-13-31-36-34(14-11-9-10-12-18-45(36)40(50-44(55)58-7)33(52)23-46(31,45)56)60-43-39(57-6)42(54)47(27(5)59-43,35-25(3)20-24(2)21-26(35)4)41(53)38-37-29(17-19-48-38)30-22-28(51)15-16-32(30)49-37/h9-10,13,15-17,19-22,27,34,36,39-40,42-43,49,51,54,56H,8,23H2,1-7H3,(H,50,55)/b10-9-,31-13+/t27?,34-,36?,39?,40?,42?,43?,45?,46-,47?/m0/s1. The first-order valence-electron chi connectivity index (χ1n) is 19.9. The minimum absolute atomic E-state index is 0.0545. The van der Waals surface area contributed by atoms with E-state index in [1.165, 1.54) is 32.6 Å². The lowest BCUT2D eigenvalue weighted by atomic mass is 9.45. The molecule has 3 fully saturated rings. The van der Waals surface area contributed by atoms with Gasteiger partial charge in [0.2, 0.25) is 0 Å². The molecule has 1 saturated heterocycles. The van der Waals surface area contributed by atoms with Crippen LogP contribution in [0.3, 0.4) is 0 Å². The van der Waals surface area contributed by atoms with Crippen molar-refractivity contribution in [2.75, 3.05) is 14.2 Å². The number of nitrogens with one attached hydrogen (secondary N) is 2. The van der Waals surface area contributed by atoms with Crippen molar-refractivity contribution in [3.05, 3.63) is 94.3 Å². The molecule has 13 heteroatoms. The highest BCUT2D eigenvalue weighted by Gasteiger charge is 2.79. The summed E-state index contributed by atoms with van der Waals surface area (Å²) in [5.74, 6) is 10.4. The van der Waals surface area contributed by atoms with Crippen molar-refractivity contribution in [3.63, 3.8) is 0 Å². The molecule has 10 atom stereocenters. The number of carbonyl (C=O) groups excluding carboxylic acids is 3. The quantitative estimate of drug-likeness (QED) is 0.0922. The van der Waals surface area contributed by atoms with Crippen LogP contribution in [0.15, 0.2) is 66.4 Å². The first kappa shape index (κ1) is 41.0. The minimum atomic E-state index is -1.82. The molecule has 2 saturated carbocycles. The molecule has 3 aliphatic carbocycles. The van der Waals surface area contributed by atoms with Crippen LogP contribution in [0.2, 0.25) is 0 Å². The van der Waals surface area contributed by atoms with Crippen molar-refractivity contribution in [2.45, 2.75) is 95.2 Å². The number of aliphatic hydroxyl groups is 2. The number of Topliss-reactive ketones (excluding diaryl/α,β-unsaturated/α-hetero) is 2. The number of nitrogens with zero attached hydrogens (tertiary/aromatic N) is 1. The summed E-state index contributed by atoms with van der Waals surface area (Å²) in [7, 11) is 2.57. The molecule has 310 valence electrons. The number of H-pyrrole nitrogens is 1. The summed E-state index contributed by atoms with van der Waals surface area (Å²) in [6, 6.07) is 9.26. The third-order valence-corrected chi connectivity index (χ3v) is 12.9. The predicted octanol–water partition coefficient (Wildman–Crippen LogP) is 4.93. The molecule has 0 radical (unpaired) electrons. The number of aryl methyl sites for hydroxylation is 3. The number of aliphatic hydroxyl groups excluding tert-OH is 1. The number of ether oxygens (including phenoxy) is 4. The molecule has 3 heterocycles.